The van der Waals surface area contributed by atoms with Gasteiger partial charge in [-0.15, -0.1) is 0 Å². The van der Waals surface area contributed by atoms with Gasteiger partial charge in [0.15, 0.2) is 17.3 Å². The molecule has 0 fully saturated rings. The molecular formula is C22H26O5. The normalized spacial score (nSPS) is 11.5. The van der Waals surface area contributed by atoms with Crippen LogP contribution in [0.1, 0.15) is 35.7 Å². The number of Topliss-reactive ketones (excluding diaryl/α,β-unsaturated/α-hetero) is 1. The predicted octanol–water partition coefficient (Wildman–Crippen LogP) is 4.09. The molecule has 5 heteroatoms. The molecule has 0 aliphatic rings. The van der Waals surface area contributed by atoms with E-state index in [4.69, 9.17) is 14.2 Å². The number of carbonyl (C=O) groups is 2. The Morgan fingerprint density at radius 2 is 1.67 bits per heavy atom. The van der Waals surface area contributed by atoms with Crippen LogP contribution in [-0.4, -0.2) is 32.6 Å². The van der Waals surface area contributed by atoms with Gasteiger partial charge in [-0.1, -0.05) is 30.3 Å². The van der Waals surface area contributed by atoms with Gasteiger partial charge in [-0.3, -0.25) is 9.59 Å². The highest BCUT2D eigenvalue weighted by atomic mass is 16.5. The van der Waals surface area contributed by atoms with E-state index in [2.05, 4.69) is 0 Å². The van der Waals surface area contributed by atoms with Gasteiger partial charge >= 0.3 is 5.97 Å². The summed E-state index contributed by atoms with van der Waals surface area (Å²) in [5, 5.41) is 0. The number of aryl methyl sites for hydroxylation is 1. The number of carbonyl (C=O) groups excluding carboxylic acids is 2. The van der Waals surface area contributed by atoms with Crippen LogP contribution < -0.4 is 9.47 Å². The lowest BCUT2D eigenvalue weighted by Gasteiger charge is -2.16. The molecule has 0 aliphatic heterocycles. The second-order valence-corrected chi connectivity index (χ2v) is 6.12. The van der Waals surface area contributed by atoms with E-state index < -0.39 is 11.9 Å². The fourth-order valence-corrected chi connectivity index (χ4v) is 2.94. The average Bonchev–Trinajstić information content (AvgIpc) is 2.71. The Labute approximate surface area is 160 Å². The van der Waals surface area contributed by atoms with Crippen molar-refractivity contribution in [2.75, 3.05) is 20.8 Å². The van der Waals surface area contributed by atoms with E-state index in [1.54, 1.807) is 25.1 Å². The molecule has 0 aliphatic carbocycles. The molecule has 0 N–H and O–H groups in total. The highest BCUT2D eigenvalue weighted by Crippen LogP contribution is 2.29. The maximum atomic E-state index is 13.0. The summed E-state index contributed by atoms with van der Waals surface area (Å²) in [5.74, 6) is -0.583. The van der Waals surface area contributed by atoms with Crippen LogP contribution in [0.15, 0.2) is 48.5 Å². The number of ketones is 1. The van der Waals surface area contributed by atoms with Gasteiger partial charge in [0.05, 0.1) is 20.8 Å². The van der Waals surface area contributed by atoms with Gasteiger partial charge in [-0.2, -0.15) is 0 Å². The van der Waals surface area contributed by atoms with E-state index >= 15 is 0 Å². The molecule has 1 unspecified atom stereocenters. The van der Waals surface area contributed by atoms with Crippen LogP contribution in [0, 0.1) is 5.92 Å². The van der Waals surface area contributed by atoms with Gasteiger partial charge in [0.1, 0.15) is 5.92 Å². The highest BCUT2D eigenvalue weighted by molar-refractivity contribution is 6.08. The lowest BCUT2D eigenvalue weighted by molar-refractivity contribution is -0.146. The van der Waals surface area contributed by atoms with E-state index in [-0.39, 0.29) is 12.4 Å². The van der Waals surface area contributed by atoms with E-state index in [9.17, 15) is 9.59 Å². The van der Waals surface area contributed by atoms with Crippen molar-refractivity contribution < 1.29 is 23.8 Å². The molecule has 0 heterocycles. The third-order valence-electron chi connectivity index (χ3n) is 4.36. The topological polar surface area (TPSA) is 61.8 Å². The molecule has 0 radical (unpaired) electrons. The average molecular weight is 370 g/mol. The van der Waals surface area contributed by atoms with Crippen LogP contribution in [0.4, 0.5) is 0 Å². The molecule has 0 saturated heterocycles. The third-order valence-corrected chi connectivity index (χ3v) is 4.36. The van der Waals surface area contributed by atoms with Gasteiger partial charge in [-0.25, -0.2) is 0 Å². The molecule has 144 valence electrons. The molecular weight excluding hydrogens is 344 g/mol. The molecule has 0 aromatic heterocycles. The van der Waals surface area contributed by atoms with Crippen molar-refractivity contribution in [1.82, 2.24) is 0 Å². The SMILES string of the molecule is CCOC(=O)C(CCCc1ccccc1)C(=O)c1ccc(OC)c(OC)c1. The molecule has 0 bridgehead atoms. The van der Waals surface area contributed by atoms with Crippen LogP contribution in [-0.2, 0) is 16.0 Å². The monoisotopic (exact) mass is 370 g/mol. The van der Waals surface area contributed by atoms with Gasteiger partial charge < -0.3 is 14.2 Å². The van der Waals surface area contributed by atoms with E-state index in [1.165, 1.54) is 19.8 Å². The van der Waals surface area contributed by atoms with Crippen LogP contribution in [0.2, 0.25) is 0 Å². The molecule has 2 rings (SSSR count). The second-order valence-electron chi connectivity index (χ2n) is 6.12. The minimum atomic E-state index is -0.827. The smallest absolute Gasteiger partial charge is 0.316 e. The summed E-state index contributed by atoms with van der Waals surface area (Å²) in [5.41, 5.74) is 1.59. The van der Waals surface area contributed by atoms with Gasteiger partial charge in [0, 0.05) is 5.56 Å². The number of rotatable bonds is 10. The Hall–Kier alpha value is -2.82. The van der Waals surface area contributed by atoms with E-state index in [0.717, 1.165) is 6.42 Å². The Bertz CT molecular complexity index is 755. The van der Waals surface area contributed by atoms with Gasteiger partial charge in [0.2, 0.25) is 0 Å². The number of hydrogen-bond acceptors (Lipinski definition) is 5. The number of esters is 1. The van der Waals surface area contributed by atoms with Crippen molar-refractivity contribution in [2.45, 2.75) is 26.2 Å². The number of ether oxygens (including phenoxy) is 3. The molecule has 2 aromatic carbocycles. The standard InChI is InChI=1S/C22H26O5/c1-4-27-22(24)18(12-8-11-16-9-6-5-7-10-16)21(23)17-13-14-19(25-2)20(15-17)26-3/h5-7,9-10,13-15,18H,4,8,11-12H2,1-3H3. The van der Waals surface area contributed by atoms with Crippen molar-refractivity contribution in [3.63, 3.8) is 0 Å². The van der Waals surface area contributed by atoms with Crippen molar-refractivity contribution in [2.24, 2.45) is 5.92 Å². The van der Waals surface area contributed by atoms with Crippen molar-refractivity contribution >= 4 is 11.8 Å². The van der Waals surface area contributed by atoms with Crippen LogP contribution >= 0.6 is 0 Å². The van der Waals surface area contributed by atoms with Crippen LogP contribution in [0.5, 0.6) is 11.5 Å². The maximum absolute atomic E-state index is 13.0. The Morgan fingerprint density at radius 1 is 0.963 bits per heavy atom. The van der Waals surface area contributed by atoms with Crippen molar-refractivity contribution in [3.8, 4) is 11.5 Å². The van der Waals surface area contributed by atoms with Crippen LogP contribution in [0.25, 0.3) is 0 Å². The fourth-order valence-electron chi connectivity index (χ4n) is 2.94. The first-order chi connectivity index (χ1) is 13.1. The molecule has 0 spiro atoms. The maximum Gasteiger partial charge on any atom is 0.316 e. The summed E-state index contributed by atoms with van der Waals surface area (Å²) in [6.07, 6.45) is 1.95. The predicted molar refractivity (Wildman–Crippen MR) is 103 cm³/mol. The lowest BCUT2D eigenvalue weighted by atomic mass is 9.91. The molecule has 0 amide bonds. The molecule has 0 saturated carbocycles. The largest absolute Gasteiger partial charge is 0.493 e. The zero-order chi connectivity index (χ0) is 19.6. The summed E-state index contributed by atoms with van der Waals surface area (Å²) in [4.78, 5) is 25.4. The van der Waals surface area contributed by atoms with E-state index in [0.29, 0.717) is 29.9 Å². The van der Waals surface area contributed by atoms with Crippen molar-refractivity contribution in [3.05, 3.63) is 59.7 Å². The summed E-state index contributed by atoms with van der Waals surface area (Å²) in [6.45, 7) is 1.98. The van der Waals surface area contributed by atoms with Crippen LogP contribution in [0.3, 0.4) is 0 Å². The highest BCUT2D eigenvalue weighted by Gasteiger charge is 2.29. The zero-order valence-corrected chi connectivity index (χ0v) is 16.1. The van der Waals surface area contributed by atoms with Gasteiger partial charge in [-0.05, 0) is 49.9 Å². The Kier molecular flexibility index (Phi) is 7.86. The number of methoxy groups -OCH3 is 2. The summed E-state index contributed by atoms with van der Waals surface area (Å²) in [7, 11) is 3.04. The number of benzene rings is 2. The summed E-state index contributed by atoms with van der Waals surface area (Å²) < 4.78 is 15.6. The fraction of sp³-hybridized carbons (Fsp3) is 0.364. The minimum Gasteiger partial charge on any atom is -0.493 e. The first-order valence-electron chi connectivity index (χ1n) is 9.07. The molecule has 1 atom stereocenters. The summed E-state index contributed by atoms with van der Waals surface area (Å²) in [6, 6.07) is 14.9. The first kappa shape index (κ1) is 20.5. The second kappa shape index (κ2) is 10.4. The third kappa shape index (κ3) is 5.58. The Balaban J connectivity index is 2.14. The van der Waals surface area contributed by atoms with E-state index in [1.807, 2.05) is 30.3 Å². The minimum absolute atomic E-state index is 0.243. The van der Waals surface area contributed by atoms with Gasteiger partial charge in [0.25, 0.3) is 0 Å². The molecule has 2 aromatic rings. The lowest BCUT2D eigenvalue weighted by Crippen LogP contribution is -2.26. The molecule has 27 heavy (non-hydrogen) atoms. The zero-order valence-electron chi connectivity index (χ0n) is 16.1. The summed E-state index contributed by atoms with van der Waals surface area (Å²) >= 11 is 0. The number of hydrogen-bond donors (Lipinski definition) is 0. The first-order valence-corrected chi connectivity index (χ1v) is 9.07. The van der Waals surface area contributed by atoms with Crippen molar-refractivity contribution in [1.29, 1.82) is 0 Å². The molecule has 5 nitrogen and oxygen atoms in total. The quantitative estimate of drug-likeness (QED) is 0.358. The Morgan fingerprint density at radius 3 is 2.30 bits per heavy atom.